The van der Waals surface area contributed by atoms with Crippen molar-refractivity contribution in [3.8, 4) is 0 Å². The van der Waals surface area contributed by atoms with Gasteiger partial charge in [-0.2, -0.15) is 0 Å². The standard InChI is InChI=1S/C21H27N3O.2ClH/c22-20(17-8-2-1-3-9-17)14-21(25)23-15-18-10-4-5-11-19(18)16-24-12-6-7-13-24;;/h1-5,8-11,20H,6-7,12-16,22H2,(H,23,25);2*1H. The van der Waals surface area contributed by atoms with Gasteiger partial charge in [0.05, 0.1) is 0 Å². The van der Waals surface area contributed by atoms with Gasteiger partial charge in [-0.25, -0.2) is 0 Å². The number of nitrogens with zero attached hydrogens (tertiary/aromatic N) is 1. The smallest absolute Gasteiger partial charge is 0.222 e. The minimum atomic E-state index is -0.263. The molecule has 0 aliphatic carbocycles. The zero-order valence-electron chi connectivity index (χ0n) is 15.5. The normalized spacial score (nSPS) is 14.7. The fourth-order valence-electron chi connectivity index (χ4n) is 3.35. The summed E-state index contributed by atoms with van der Waals surface area (Å²) in [6.45, 7) is 3.87. The maximum Gasteiger partial charge on any atom is 0.222 e. The predicted octanol–water partition coefficient (Wildman–Crippen LogP) is 3.83. The molecule has 3 N–H and O–H groups in total. The monoisotopic (exact) mass is 409 g/mol. The van der Waals surface area contributed by atoms with Gasteiger partial charge in [0.2, 0.25) is 5.91 Å². The van der Waals surface area contributed by atoms with E-state index in [1.165, 1.54) is 37.1 Å². The Kier molecular flexibility index (Phi) is 10.4. The number of nitrogens with two attached hydrogens (primary N) is 1. The molecule has 1 amide bonds. The summed E-state index contributed by atoms with van der Waals surface area (Å²) in [7, 11) is 0. The maximum atomic E-state index is 12.3. The second kappa shape index (κ2) is 12.0. The third kappa shape index (κ3) is 7.15. The van der Waals surface area contributed by atoms with Gasteiger partial charge in [0.1, 0.15) is 0 Å². The molecule has 0 saturated carbocycles. The minimum absolute atomic E-state index is 0. The molecule has 27 heavy (non-hydrogen) atoms. The van der Waals surface area contributed by atoms with E-state index in [0.717, 1.165) is 12.1 Å². The van der Waals surface area contributed by atoms with Gasteiger partial charge in [-0.1, -0.05) is 54.6 Å². The number of likely N-dealkylation sites (tertiary alicyclic amines) is 1. The van der Waals surface area contributed by atoms with Crippen molar-refractivity contribution in [1.82, 2.24) is 10.2 Å². The van der Waals surface area contributed by atoms with Crippen LogP contribution in [0.4, 0.5) is 0 Å². The highest BCUT2D eigenvalue weighted by Gasteiger charge is 2.15. The van der Waals surface area contributed by atoms with E-state index in [0.29, 0.717) is 13.0 Å². The number of halogens is 2. The first-order valence-electron chi connectivity index (χ1n) is 9.09. The van der Waals surface area contributed by atoms with Crippen LogP contribution in [0.3, 0.4) is 0 Å². The Bertz CT molecular complexity index is 691. The Labute approximate surface area is 174 Å². The van der Waals surface area contributed by atoms with Crippen LogP contribution >= 0.6 is 24.8 Å². The highest BCUT2D eigenvalue weighted by atomic mass is 35.5. The summed E-state index contributed by atoms with van der Waals surface area (Å²) >= 11 is 0. The molecule has 0 spiro atoms. The van der Waals surface area contributed by atoms with Crippen LogP contribution in [-0.4, -0.2) is 23.9 Å². The SMILES string of the molecule is Cl.Cl.NC(CC(=O)NCc1ccccc1CN1CCCC1)c1ccccc1. The fourth-order valence-corrected chi connectivity index (χ4v) is 3.35. The molecule has 1 aliphatic heterocycles. The van der Waals surface area contributed by atoms with E-state index in [4.69, 9.17) is 5.73 Å². The van der Waals surface area contributed by atoms with Crippen molar-refractivity contribution < 1.29 is 4.79 Å². The van der Waals surface area contributed by atoms with Gasteiger partial charge in [-0.05, 0) is 42.6 Å². The van der Waals surface area contributed by atoms with Crippen LogP contribution in [0.2, 0.25) is 0 Å². The molecule has 0 bridgehead atoms. The first-order valence-corrected chi connectivity index (χ1v) is 9.09. The van der Waals surface area contributed by atoms with Gasteiger partial charge in [0, 0.05) is 25.6 Å². The molecular formula is C21H29Cl2N3O. The van der Waals surface area contributed by atoms with Crippen molar-refractivity contribution in [2.45, 2.75) is 38.4 Å². The molecule has 1 aliphatic rings. The molecule has 6 heteroatoms. The molecule has 2 aromatic carbocycles. The number of benzene rings is 2. The van der Waals surface area contributed by atoms with Gasteiger partial charge in [0.25, 0.3) is 0 Å². The van der Waals surface area contributed by atoms with Crippen LogP contribution < -0.4 is 11.1 Å². The van der Waals surface area contributed by atoms with Crippen LogP contribution in [0.15, 0.2) is 54.6 Å². The number of amides is 1. The topological polar surface area (TPSA) is 58.4 Å². The molecule has 0 radical (unpaired) electrons. The number of hydrogen-bond donors (Lipinski definition) is 2. The molecule has 1 fully saturated rings. The number of rotatable bonds is 7. The lowest BCUT2D eigenvalue weighted by Crippen LogP contribution is -2.28. The van der Waals surface area contributed by atoms with Gasteiger partial charge >= 0.3 is 0 Å². The summed E-state index contributed by atoms with van der Waals surface area (Å²) in [5.41, 5.74) is 9.62. The summed E-state index contributed by atoms with van der Waals surface area (Å²) in [6.07, 6.45) is 2.88. The first kappa shape index (κ1) is 23.4. The zero-order valence-corrected chi connectivity index (χ0v) is 17.1. The number of carbonyl (C=O) groups excluding carboxylic acids is 1. The largest absolute Gasteiger partial charge is 0.352 e. The second-order valence-electron chi connectivity index (χ2n) is 6.75. The van der Waals surface area contributed by atoms with Gasteiger partial charge < -0.3 is 11.1 Å². The van der Waals surface area contributed by atoms with E-state index in [9.17, 15) is 4.79 Å². The molecule has 0 aromatic heterocycles. The highest BCUT2D eigenvalue weighted by molar-refractivity contribution is 5.85. The molecule has 2 aromatic rings. The summed E-state index contributed by atoms with van der Waals surface area (Å²) < 4.78 is 0. The average molecular weight is 410 g/mol. The van der Waals surface area contributed by atoms with E-state index >= 15 is 0 Å². The van der Waals surface area contributed by atoms with Gasteiger partial charge in [0.15, 0.2) is 0 Å². The van der Waals surface area contributed by atoms with Crippen LogP contribution in [0.25, 0.3) is 0 Å². The van der Waals surface area contributed by atoms with Crippen molar-refractivity contribution in [2.24, 2.45) is 5.73 Å². The Morgan fingerprint density at radius 1 is 0.963 bits per heavy atom. The van der Waals surface area contributed by atoms with Crippen LogP contribution in [-0.2, 0) is 17.9 Å². The lowest BCUT2D eigenvalue weighted by molar-refractivity contribution is -0.121. The Balaban J connectivity index is 0.00000182. The molecular weight excluding hydrogens is 381 g/mol. The summed E-state index contributed by atoms with van der Waals surface area (Å²) in [6, 6.07) is 17.9. The van der Waals surface area contributed by atoms with E-state index in [-0.39, 0.29) is 36.8 Å². The molecule has 1 atom stereocenters. The summed E-state index contributed by atoms with van der Waals surface area (Å²) in [5, 5.41) is 3.03. The molecule has 3 rings (SSSR count). The van der Waals surface area contributed by atoms with Crippen LogP contribution in [0.5, 0.6) is 0 Å². The fraction of sp³-hybridized carbons (Fsp3) is 0.381. The molecule has 1 saturated heterocycles. The molecule has 148 valence electrons. The second-order valence-corrected chi connectivity index (χ2v) is 6.75. The quantitative estimate of drug-likeness (QED) is 0.730. The average Bonchev–Trinajstić information content (AvgIpc) is 3.15. The van der Waals surface area contributed by atoms with Crippen molar-refractivity contribution >= 4 is 30.7 Å². The Hall–Kier alpha value is -1.59. The van der Waals surface area contributed by atoms with Gasteiger partial charge in [-0.15, -0.1) is 24.8 Å². The Morgan fingerprint density at radius 2 is 1.56 bits per heavy atom. The zero-order chi connectivity index (χ0) is 17.5. The van der Waals surface area contributed by atoms with Crippen LogP contribution in [0.1, 0.15) is 42.0 Å². The maximum absolute atomic E-state index is 12.3. The van der Waals surface area contributed by atoms with E-state index in [1.54, 1.807) is 0 Å². The Morgan fingerprint density at radius 3 is 2.22 bits per heavy atom. The van der Waals surface area contributed by atoms with E-state index in [1.807, 2.05) is 36.4 Å². The third-order valence-corrected chi connectivity index (χ3v) is 4.82. The van der Waals surface area contributed by atoms with E-state index < -0.39 is 0 Å². The molecule has 1 heterocycles. The third-order valence-electron chi connectivity index (χ3n) is 4.82. The number of hydrogen-bond acceptors (Lipinski definition) is 3. The first-order chi connectivity index (χ1) is 12.2. The van der Waals surface area contributed by atoms with Crippen molar-refractivity contribution in [1.29, 1.82) is 0 Å². The van der Waals surface area contributed by atoms with Gasteiger partial charge in [-0.3, -0.25) is 9.69 Å². The number of nitrogens with one attached hydrogen (secondary N) is 1. The lowest BCUT2D eigenvalue weighted by Gasteiger charge is -2.18. The molecule has 4 nitrogen and oxygen atoms in total. The number of carbonyl (C=O) groups is 1. The summed E-state index contributed by atoms with van der Waals surface area (Å²) in [5.74, 6) is -0.00710. The van der Waals surface area contributed by atoms with Crippen molar-refractivity contribution in [2.75, 3.05) is 13.1 Å². The molecule has 1 unspecified atom stereocenters. The van der Waals surface area contributed by atoms with E-state index in [2.05, 4.69) is 28.4 Å². The van der Waals surface area contributed by atoms with Crippen molar-refractivity contribution in [3.05, 3.63) is 71.3 Å². The van der Waals surface area contributed by atoms with Crippen LogP contribution in [0, 0.1) is 0 Å². The minimum Gasteiger partial charge on any atom is -0.352 e. The lowest BCUT2D eigenvalue weighted by atomic mass is 10.0. The highest BCUT2D eigenvalue weighted by Crippen LogP contribution is 2.17. The predicted molar refractivity (Wildman–Crippen MR) is 115 cm³/mol. The van der Waals surface area contributed by atoms with Crippen molar-refractivity contribution in [3.63, 3.8) is 0 Å². The summed E-state index contributed by atoms with van der Waals surface area (Å²) in [4.78, 5) is 14.7.